The zero-order valence-electron chi connectivity index (χ0n) is 9.00. The topological polar surface area (TPSA) is 63.1 Å². The molecule has 0 saturated heterocycles. The van der Waals surface area contributed by atoms with Crippen LogP contribution in [0, 0.1) is 0 Å². The van der Waals surface area contributed by atoms with E-state index in [1.165, 1.54) is 12.3 Å². The van der Waals surface area contributed by atoms with Crippen LogP contribution in [0.5, 0.6) is 0 Å². The maximum absolute atomic E-state index is 12.9. The number of carbonyl (C=O) groups is 1. The van der Waals surface area contributed by atoms with Gasteiger partial charge < -0.3 is 5.11 Å². The summed E-state index contributed by atoms with van der Waals surface area (Å²) in [7, 11) is 0. The van der Waals surface area contributed by atoms with Gasteiger partial charge in [0.25, 0.3) is 0 Å². The molecule has 1 aliphatic carbocycles. The lowest BCUT2D eigenvalue weighted by molar-refractivity contribution is -0.266. The van der Waals surface area contributed by atoms with E-state index in [-0.39, 0.29) is 11.3 Å². The van der Waals surface area contributed by atoms with E-state index >= 15 is 0 Å². The van der Waals surface area contributed by atoms with Crippen LogP contribution in [0.2, 0.25) is 0 Å². The number of aromatic nitrogens is 2. The molecule has 0 aliphatic heterocycles. The molecule has 9 heteroatoms. The first-order valence-electron chi connectivity index (χ1n) is 4.88. The molecular formula is C10H5F5N2O2. The summed E-state index contributed by atoms with van der Waals surface area (Å²) in [6.45, 7) is 0. The number of aliphatic hydroxyl groups is 1. The first-order chi connectivity index (χ1) is 8.66. The molecular weight excluding hydrogens is 275 g/mol. The Kier molecular flexibility index (Phi) is 2.79. The molecule has 1 aromatic rings. The molecule has 0 unspecified atom stereocenters. The zero-order valence-corrected chi connectivity index (χ0v) is 9.00. The van der Waals surface area contributed by atoms with E-state index < -0.39 is 35.6 Å². The van der Waals surface area contributed by atoms with E-state index in [1.54, 1.807) is 0 Å². The van der Waals surface area contributed by atoms with Crippen LogP contribution in [-0.2, 0) is 11.2 Å². The predicted molar refractivity (Wildman–Crippen MR) is 51.3 cm³/mol. The van der Waals surface area contributed by atoms with Crippen molar-refractivity contribution < 1.29 is 31.9 Å². The second kappa shape index (κ2) is 3.97. The number of halogens is 5. The summed E-state index contributed by atoms with van der Waals surface area (Å²) in [5.41, 5.74) is -1.12. The molecule has 1 aliphatic rings. The molecule has 1 aromatic heterocycles. The number of ketones is 1. The number of fused-ring (bicyclic) bond motifs is 1. The van der Waals surface area contributed by atoms with Gasteiger partial charge in [-0.25, -0.2) is 0 Å². The molecule has 102 valence electrons. The van der Waals surface area contributed by atoms with Crippen LogP contribution in [0.4, 0.5) is 22.0 Å². The van der Waals surface area contributed by atoms with Crippen LogP contribution in [0.15, 0.2) is 17.8 Å². The van der Waals surface area contributed by atoms with Crippen LogP contribution in [0.3, 0.4) is 0 Å². The number of hydrogen-bond donors (Lipinski definition) is 1. The first-order valence-corrected chi connectivity index (χ1v) is 4.88. The molecule has 0 bridgehead atoms. The Morgan fingerprint density at radius 2 is 1.89 bits per heavy atom. The van der Waals surface area contributed by atoms with Gasteiger partial charge in [-0.3, -0.25) is 4.79 Å². The lowest BCUT2D eigenvalue weighted by Crippen LogP contribution is -2.45. The normalized spacial score (nSPS) is 15.6. The van der Waals surface area contributed by atoms with Gasteiger partial charge in [-0.2, -0.15) is 27.1 Å². The Balaban J connectivity index is 2.42. The summed E-state index contributed by atoms with van der Waals surface area (Å²) < 4.78 is 62.1. The van der Waals surface area contributed by atoms with E-state index in [1.807, 2.05) is 0 Å². The summed E-state index contributed by atoms with van der Waals surface area (Å²) in [5.74, 6) is -9.02. The fourth-order valence-electron chi connectivity index (χ4n) is 1.62. The highest BCUT2D eigenvalue weighted by atomic mass is 19.4. The lowest BCUT2D eigenvalue weighted by Gasteiger charge is -2.18. The van der Waals surface area contributed by atoms with Crippen molar-refractivity contribution in [1.29, 1.82) is 0 Å². The fraction of sp³-hybridized carbons (Fsp3) is 0.300. The fourth-order valence-corrected chi connectivity index (χ4v) is 1.62. The van der Waals surface area contributed by atoms with E-state index in [0.29, 0.717) is 0 Å². The Hall–Kier alpha value is -2.06. The maximum atomic E-state index is 12.9. The molecule has 4 nitrogen and oxygen atoms in total. The summed E-state index contributed by atoms with van der Waals surface area (Å²) in [4.78, 5) is 11.3. The third-order valence-corrected chi connectivity index (χ3v) is 2.60. The minimum absolute atomic E-state index is 0.161. The van der Waals surface area contributed by atoms with E-state index in [9.17, 15) is 31.9 Å². The number of allylic oxidation sites excluding steroid dienone is 1. The quantitative estimate of drug-likeness (QED) is 0.842. The second-order valence-corrected chi connectivity index (χ2v) is 3.81. The van der Waals surface area contributed by atoms with E-state index in [2.05, 4.69) is 10.2 Å². The third-order valence-electron chi connectivity index (χ3n) is 2.60. The van der Waals surface area contributed by atoms with Crippen molar-refractivity contribution >= 4 is 11.5 Å². The molecule has 0 aromatic carbocycles. The van der Waals surface area contributed by atoms with Gasteiger partial charge in [0.2, 0.25) is 5.78 Å². The standard InChI is InChI=1S/C10H5F5N2O2/c11-9(12,10(13,14)15)8(19)5-3-4-1-2-16-17-6(4)7(5)18/h1-2,18H,3H2. The van der Waals surface area contributed by atoms with Gasteiger partial charge in [0, 0.05) is 12.6 Å². The van der Waals surface area contributed by atoms with Crippen LogP contribution in [-0.4, -0.2) is 33.2 Å². The van der Waals surface area contributed by atoms with Gasteiger partial charge in [0.05, 0.1) is 5.57 Å². The SMILES string of the molecule is O=C(C1=C(O)c2nnccc2C1)C(F)(F)C(F)(F)F. The van der Waals surface area contributed by atoms with Crippen molar-refractivity contribution in [3.63, 3.8) is 0 Å². The minimum Gasteiger partial charge on any atom is -0.505 e. The number of aliphatic hydroxyl groups excluding tert-OH is 1. The Morgan fingerprint density at radius 3 is 2.42 bits per heavy atom. The number of alkyl halides is 5. The number of hydrogen-bond acceptors (Lipinski definition) is 4. The van der Waals surface area contributed by atoms with Crippen LogP contribution in [0.25, 0.3) is 5.76 Å². The first kappa shape index (κ1) is 13.4. The second-order valence-electron chi connectivity index (χ2n) is 3.81. The molecule has 0 spiro atoms. The molecule has 0 saturated carbocycles. The molecule has 2 rings (SSSR count). The molecule has 1 heterocycles. The number of nitrogens with zero attached hydrogens (tertiary/aromatic N) is 2. The summed E-state index contributed by atoms with van der Waals surface area (Å²) in [5, 5.41) is 16.2. The van der Waals surface area contributed by atoms with Gasteiger partial charge in [-0.1, -0.05) is 0 Å². The van der Waals surface area contributed by atoms with E-state index in [4.69, 9.17) is 0 Å². The van der Waals surface area contributed by atoms with Gasteiger partial charge in [-0.05, 0) is 11.6 Å². The monoisotopic (exact) mass is 280 g/mol. The largest absolute Gasteiger partial charge is 0.505 e. The minimum atomic E-state index is -6.02. The summed E-state index contributed by atoms with van der Waals surface area (Å²) in [6.07, 6.45) is -5.39. The summed E-state index contributed by atoms with van der Waals surface area (Å²) in [6, 6.07) is 1.27. The smallest absolute Gasteiger partial charge is 0.461 e. The van der Waals surface area contributed by atoms with Crippen molar-refractivity contribution in [1.82, 2.24) is 10.2 Å². The van der Waals surface area contributed by atoms with Gasteiger partial charge in [0.1, 0.15) is 5.69 Å². The molecule has 0 radical (unpaired) electrons. The average molecular weight is 280 g/mol. The molecule has 19 heavy (non-hydrogen) atoms. The molecule has 0 fully saturated rings. The Labute approximate surface area is 102 Å². The van der Waals surface area contributed by atoms with E-state index in [0.717, 1.165) is 0 Å². The Morgan fingerprint density at radius 1 is 1.26 bits per heavy atom. The zero-order chi connectivity index (χ0) is 14.4. The average Bonchev–Trinajstić information content (AvgIpc) is 2.65. The lowest BCUT2D eigenvalue weighted by atomic mass is 10.0. The van der Waals surface area contributed by atoms with Crippen molar-refractivity contribution in [2.45, 2.75) is 18.5 Å². The highest BCUT2D eigenvalue weighted by Gasteiger charge is 2.64. The highest BCUT2D eigenvalue weighted by Crippen LogP contribution is 2.41. The Bertz CT molecular complexity index is 580. The number of rotatable bonds is 2. The summed E-state index contributed by atoms with van der Waals surface area (Å²) >= 11 is 0. The van der Waals surface area contributed by atoms with Gasteiger partial charge in [0.15, 0.2) is 5.76 Å². The predicted octanol–water partition coefficient (Wildman–Crippen LogP) is 2.07. The van der Waals surface area contributed by atoms with Crippen molar-refractivity contribution in [3.05, 3.63) is 29.1 Å². The van der Waals surface area contributed by atoms with Gasteiger partial charge in [-0.15, -0.1) is 5.10 Å². The molecule has 1 N–H and O–H groups in total. The highest BCUT2D eigenvalue weighted by molar-refractivity contribution is 6.07. The van der Waals surface area contributed by atoms with Crippen molar-refractivity contribution in [2.75, 3.05) is 0 Å². The molecule has 0 atom stereocenters. The number of Topliss-reactive ketones (excluding diaryl/α,β-unsaturated/α-hetero) is 1. The van der Waals surface area contributed by atoms with Crippen LogP contribution >= 0.6 is 0 Å². The maximum Gasteiger partial charge on any atom is 0.461 e. The van der Waals surface area contributed by atoms with Crippen LogP contribution < -0.4 is 0 Å². The third kappa shape index (κ3) is 1.94. The van der Waals surface area contributed by atoms with Crippen molar-refractivity contribution in [2.24, 2.45) is 0 Å². The molecule has 0 amide bonds. The van der Waals surface area contributed by atoms with Crippen LogP contribution in [0.1, 0.15) is 11.3 Å². The van der Waals surface area contributed by atoms with Crippen molar-refractivity contribution in [3.8, 4) is 0 Å². The number of carbonyl (C=O) groups excluding carboxylic acids is 1. The van der Waals surface area contributed by atoms with Gasteiger partial charge >= 0.3 is 12.1 Å².